The Balaban J connectivity index is 1.26. The molecule has 5 aromatic rings. The zero-order chi connectivity index (χ0) is 23.3. The van der Waals surface area contributed by atoms with Crippen molar-refractivity contribution in [3.05, 3.63) is 90.6 Å². The lowest BCUT2D eigenvalue weighted by Crippen LogP contribution is -2.27. The van der Waals surface area contributed by atoms with Gasteiger partial charge in [0.1, 0.15) is 11.6 Å². The van der Waals surface area contributed by atoms with Crippen molar-refractivity contribution in [1.82, 2.24) is 34.7 Å². The molecule has 3 heterocycles. The second kappa shape index (κ2) is 9.84. The number of para-hydroxylation sites is 1. The standard InChI is InChI=1S/C24H20FN7OS/c25-18-11-9-17(10-12-18)23-29-30-24(32(23)19-6-2-1-3-7-19)34-16-22(33)26-14-13-21-28-27-20-8-4-5-15-31(20)21/h1-12,15H,13-14,16H2,(H,26,33). The van der Waals surface area contributed by atoms with Crippen molar-refractivity contribution in [3.8, 4) is 17.1 Å². The van der Waals surface area contributed by atoms with Crippen LogP contribution in [0, 0.1) is 5.82 Å². The van der Waals surface area contributed by atoms with Crippen molar-refractivity contribution in [2.75, 3.05) is 12.3 Å². The van der Waals surface area contributed by atoms with Crippen LogP contribution in [0.4, 0.5) is 4.39 Å². The summed E-state index contributed by atoms with van der Waals surface area (Å²) in [5, 5.41) is 20.4. The minimum Gasteiger partial charge on any atom is -0.355 e. The first-order chi connectivity index (χ1) is 16.7. The molecule has 0 unspecified atom stereocenters. The minimum absolute atomic E-state index is 0.121. The predicted molar refractivity (Wildman–Crippen MR) is 127 cm³/mol. The molecule has 0 aliphatic heterocycles. The fourth-order valence-electron chi connectivity index (χ4n) is 3.52. The summed E-state index contributed by atoms with van der Waals surface area (Å²) in [5.74, 6) is 1.10. The molecule has 170 valence electrons. The van der Waals surface area contributed by atoms with E-state index in [0.717, 1.165) is 22.7 Å². The number of aromatic nitrogens is 6. The number of carbonyl (C=O) groups excluding carboxylic acids is 1. The van der Waals surface area contributed by atoms with E-state index in [4.69, 9.17) is 0 Å². The zero-order valence-electron chi connectivity index (χ0n) is 18.0. The monoisotopic (exact) mass is 473 g/mol. The van der Waals surface area contributed by atoms with Gasteiger partial charge in [0, 0.05) is 30.4 Å². The highest BCUT2D eigenvalue weighted by Gasteiger charge is 2.17. The quantitative estimate of drug-likeness (QED) is 0.347. The number of nitrogens with zero attached hydrogens (tertiary/aromatic N) is 6. The van der Waals surface area contributed by atoms with E-state index in [2.05, 4.69) is 25.7 Å². The van der Waals surface area contributed by atoms with Crippen LogP contribution in [0.1, 0.15) is 5.82 Å². The van der Waals surface area contributed by atoms with E-state index >= 15 is 0 Å². The largest absolute Gasteiger partial charge is 0.355 e. The Hall–Kier alpha value is -4.05. The summed E-state index contributed by atoms with van der Waals surface area (Å²) in [4.78, 5) is 12.5. The Morgan fingerprint density at radius 3 is 2.53 bits per heavy atom. The van der Waals surface area contributed by atoms with Crippen molar-refractivity contribution >= 4 is 23.3 Å². The van der Waals surface area contributed by atoms with E-state index < -0.39 is 0 Å². The van der Waals surface area contributed by atoms with E-state index in [0.29, 0.717) is 23.9 Å². The number of halogens is 1. The third-order valence-electron chi connectivity index (χ3n) is 5.14. The van der Waals surface area contributed by atoms with Crippen LogP contribution in [-0.2, 0) is 11.2 Å². The lowest BCUT2D eigenvalue weighted by atomic mass is 10.2. The molecule has 0 radical (unpaired) electrons. The second-order valence-corrected chi connectivity index (χ2v) is 8.36. The number of nitrogens with one attached hydrogen (secondary N) is 1. The smallest absolute Gasteiger partial charge is 0.230 e. The highest BCUT2D eigenvalue weighted by Crippen LogP contribution is 2.28. The molecule has 1 amide bonds. The molecule has 0 atom stereocenters. The Bertz CT molecular complexity index is 1420. The summed E-state index contributed by atoms with van der Waals surface area (Å²) in [6.07, 6.45) is 2.47. The summed E-state index contributed by atoms with van der Waals surface area (Å²) in [6, 6.07) is 21.4. The molecular formula is C24H20FN7OS. The Labute approximate surface area is 198 Å². The van der Waals surface area contributed by atoms with Gasteiger partial charge in [-0.15, -0.1) is 20.4 Å². The molecule has 5 rings (SSSR count). The normalized spacial score (nSPS) is 11.1. The van der Waals surface area contributed by atoms with Gasteiger partial charge >= 0.3 is 0 Å². The number of thioether (sulfide) groups is 1. The average Bonchev–Trinajstić information content (AvgIpc) is 3.48. The van der Waals surface area contributed by atoms with Crippen LogP contribution in [0.25, 0.3) is 22.7 Å². The maximum absolute atomic E-state index is 13.4. The van der Waals surface area contributed by atoms with Crippen molar-refractivity contribution in [2.24, 2.45) is 0 Å². The highest BCUT2D eigenvalue weighted by molar-refractivity contribution is 7.99. The molecule has 0 bridgehead atoms. The van der Waals surface area contributed by atoms with E-state index in [1.165, 1.54) is 23.9 Å². The molecule has 0 saturated heterocycles. The van der Waals surface area contributed by atoms with E-state index in [1.807, 2.05) is 63.7 Å². The number of fused-ring (bicyclic) bond motifs is 1. The number of carbonyl (C=O) groups is 1. The number of hydrogen-bond acceptors (Lipinski definition) is 6. The van der Waals surface area contributed by atoms with Gasteiger partial charge in [0.05, 0.1) is 5.75 Å². The van der Waals surface area contributed by atoms with E-state index in [9.17, 15) is 9.18 Å². The molecule has 0 saturated carbocycles. The third kappa shape index (κ3) is 4.67. The summed E-state index contributed by atoms with van der Waals surface area (Å²) in [7, 11) is 0. The van der Waals surface area contributed by atoms with Crippen molar-refractivity contribution in [3.63, 3.8) is 0 Å². The van der Waals surface area contributed by atoms with Crippen LogP contribution in [0.15, 0.2) is 84.1 Å². The molecule has 0 aliphatic rings. The lowest BCUT2D eigenvalue weighted by molar-refractivity contribution is -0.118. The topological polar surface area (TPSA) is 90.0 Å². The Morgan fingerprint density at radius 2 is 1.71 bits per heavy atom. The highest BCUT2D eigenvalue weighted by atomic mass is 32.2. The van der Waals surface area contributed by atoms with Gasteiger partial charge < -0.3 is 5.32 Å². The van der Waals surface area contributed by atoms with Crippen LogP contribution >= 0.6 is 11.8 Å². The fraction of sp³-hybridized carbons (Fsp3) is 0.125. The van der Waals surface area contributed by atoms with Crippen molar-refractivity contribution < 1.29 is 9.18 Å². The molecule has 10 heteroatoms. The first kappa shape index (κ1) is 21.8. The first-order valence-electron chi connectivity index (χ1n) is 10.6. The lowest BCUT2D eigenvalue weighted by Gasteiger charge is -2.10. The van der Waals surface area contributed by atoms with Gasteiger partial charge in [-0.2, -0.15) is 0 Å². The molecular weight excluding hydrogens is 453 g/mol. The summed E-state index contributed by atoms with van der Waals surface area (Å²) < 4.78 is 17.2. The fourth-order valence-corrected chi connectivity index (χ4v) is 4.30. The van der Waals surface area contributed by atoms with Crippen LogP contribution in [0.2, 0.25) is 0 Å². The molecule has 0 fully saturated rings. The van der Waals surface area contributed by atoms with Crippen molar-refractivity contribution in [1.29, 1.82) is 0 Å². The molecule has 2 aromatic carbocycles. The first-order valence-corrected chi connectivity index (χ1v) is 11.6. The van der Waals surface area contributed by atoms with Crippen molar-refractivity contribution in [2.45, 2.75) is 11.6 Å². The number of hydrogen-bond donors (Lipinski definition) is 1. The van der Waals surface area contributed by atoms with Gasteiger partial charge in [0.25, 0.3) is 0 Å². The molecule has 8 nitrogen and oxygen atoms in total. The zero-order valence-corrected chi connectivity index (χ0v) is 18.8. The Morgan fingerprint density at radius 1 is 0.912 bits per heavy atom. The van der Waals surface area contributed by atoms with E-state index in [1.54, 1.807) is 12.1 Å². The van der Waals surface area contributed by atoms with Gasteiger partial charge in [0.15, 0.2) is 16.6 Å². The molecule has 1 N–H and O–H groups in total. The predicted octanol–water partition coefficient (Wildman–Crippen LogP) is 3.57. The molecule has 0 aliphatic carbocycles. The third-order valence-corrected chi connectivity index (χ3v) is 6.07. The second-order valence-electron chi connectivity index (χ2n) is 7.42. The summed E-state index contributed by atoms with van der Waals surface area (Å²) >= 11 is 1.29. The van der Waals surface area contributed by atoms with Crippen LogP contribution in [0.5, 0.6) is 0 Å². The van der Waals surface area contributed by atoms with Gasteiger partial charge in [-0.3, -0.25) is 13.8 Å². The number of amides is 1. The Kier molecular flexibility index (Phi) is 6.30. The number of pyridine rings is 1. The maximum atomic E-state index is 13.4. The maximum Gasteiger partial charge on any atom is 0.230 e. The van der Waals surface area contributed by atoms with E-state index in [-0.39, 0.29) is 17.5 Å². The average molecular weight is 474 g/mol. The van der Waals surface area contributed by atoms with Gasteiger partial charge in [-0.1, -0.05) is 36.0 Å². The van der Waals surface area contributed by atoms with Crippen LogP contribution in [-0.4, -0.2) is 47.6 Å². The molecule has 0 spiro atoms. The van der Waals surface area contributed by atoms with Gasteiger partial charge in [-0.05, 0) is 48.5 Å². The molecule has 3 aromatic heterocycles. The molecule has 34 heavy (non-hydrogen) atoms. The van der Waals surface area contributed by atoms with Gasteiger partial charge in [-0.25, -0.2) is 4.39 Å². The number of rotatable bonds is 8. The minimum atomic E-state index is -0.320. The number of benzene rings is 2. The SMILES string of the molecule is O=C(CSc1nnc(-c2ccc(F)cc2)n1-c1ccccc1)NCCc1nnc2ccccn12. The summed E-state index contributed by atoms with van der Waals surface area (Å²) in [6.45, 7) is 0.446. The van der Waals surface area contributed by atoms with Crippen LogP contribution < -0.4 is 5.32 Å². The van der Waals surface area contributed by atoms with Gasteiger partial charge in [0.2, 0.25) is 5.91 Å². The van der Waals surface area contributed by atoms with Crippen LogP contribution in [0.3, 0.4) is 0 Å². The summed E-state index contributed by atoms with van der Waals surface area (Å²) in [5.41, 5.74) is 2.36.